The van der Waals surface area contributed by atoms with Gasteiger partial charge >= 0.3 is 0 Å². The van der Waals surface area contributed by atoms with Crippen LogP contribution in [-0.2, 0) is 0 Å². The van der Waals surface area contributed by atoms with Gasteiger partial charge in [-0.1, -0.05) is 26.8 Å². The topological polar surface area (TPSA) is 45.1 Å². The summed E-state index contributed by atoms with van der Waals surface area (Å²) in [4.78, 5) is 4.16. The number of anilines is 1. The highest BCUT2D eigenvalue weighted by atomic mass is 16.3. The maximum atomic E-state index is 9.23. The molecule has 0 bridgehead atoms. The highest BCUT2D eigenvalue weighted by Gasteiger charge is 2.23. The fourth-order valence-electron chi connectivity index (χ4n) is 1.16. The zero-order valence-corrected chi connectivity index (χ0v) is 8.99. The summed E-state index contributed by atoms with van der Waals surface area (Å²) in [5.41, 5.74) is 0.0201. The van der Waals surface area contributed by atoms with Crippen LogP contribution in [0.25, 0.3) is 0 Å². The van der Waals surface area contributed by atoms with Crippen LogP contribution in [0.3, 0.4) is 0 Å². The van der Waals surface area contributed by atoms with Gasteiger partial charge in [-0.3, -0.25) is 0 Å². The van der Waals surface area contributed by atoms with Gasteiger partial charge in [0.25, 0.3) is 0 Å². The van der Waals surface area contributed by atoms with E-state index >= 15 is 0 Å². The summed E-state index contributed by atoms with van der Waals surface area (Å²) < 4.78 is 0. The van der Waals surface area contributed by atoms with Crippen molar-refractivity contribution in [1.29, 1.82) is 0 Å². The number of aliphatic hydroxyl groups is 1. The van der Waals surface area contributed by atoms with Crippen molar-refractivity contribution < 1.29 is 5.11 Å². The fraction of sp³-hybridized carbons (Fsp3) is 0.545. The van der Waals surface area contributed by atoms with Crippen LogP contribution in [0.1, 0.15) is 20.8 Å². The first kappa shape index (κ1) is 11.0. The quantitative estimate of drug-likeness (QED) is 0.772. The molecule has 0 aliphatic heterocycles. The second-order valence-electron chi connectivity index (χ2n) is 4.46. The highest BCUT2D eigenvalue weighted by molar-refractivity contribution is 5.35. The number of aromatic nitrogens is 1. The van der Waals surface area contributed by atoms with Crippen LogP contribution >= 0.6 is 0 Å². The molecule has 0 spiro atoms. The van der Waals surface area contributed by atoms with E-state index in [0.29, 0.717) is 0 Å². The molecule has 1 heterocycles. The molecule has 1 unspecified atom stereocenters. The largest absolute Gasteiger partial charge is 0.394 e. The van der Waals surface area contributed by atoms with Crippen molar-refractivity contribution in [1.82, 2.24) is 4.98 Å². The van der Waals surface area contributed by atoms with Gasteiger partial charge in [0, 0.05) is 6.20 Å². The molecule has 2 N–H and O–H groups in total. The predicted octanol–water partition coefficient (Wildman–Crippen LogP) is 1.90. The summed E-state index contributed by atoms with van der Waals surface area (Å²) in [5.74, 6) is 0.807. The van der Waals surface area contributed by atoms with Crippen LogP contribution in [-0.4, -0.2) is 22.7 Å². The van der Waals surface area contributed by atoms with E-state index in [2.05, 4.69) is 31.1 Å². The molecule has 0 aromatic carbocycles. The molecule has 1 aromatic rings. The maximum Gasteiger partial charge on any atom is 0.126 e. The molecule has 0 amide bonds. The Kier molecular flexibility index (Phi) is 3.47. The molecule has 14 heavy (non-hydrogen) atoms. The Hall–Kier alpha value is -1.09. The minimum Gasteiger partial charge on any atom is -0.394 e. The zero-order valence-electron chi connectivity index (χ0n) is 8.99. The normalized spacial score (nSPS) is 13.7. The summed E-state index contributed by atoms with van der Waals surface area (Å²) in [6.07, 6.45) is 1.74. The lowest BCUT2D eigenvalue weighted by molar-refractivity contribution is 0.201. The average molecular weight is 194 g/mol. The molecule has 3 heteroatoms. The van der Waals surface area contributed by atoms with Crippen LogP contribution in [0.2, 0.25) is 0 Å². The summed E-state index contributed by atoms with van der Waals surface area (Å²) in [6, 6.07) is 5.72. The third-order valence-electron chi connectivity index (χ3n) is 2.21. The van der Waals surface area contributed by atoms with Gasteiger partial charge in [0.1, 0.15) is 5.82 Å². The van der Waals surface area contributed by atoms with Crippen LogP contribution < -0.4 is 5.32 Å². The van der Waals surface area contributed by atoms with Crippen molar-refractivity contribution in [2.24, 2.45) is 5.41 Å². The monoisotopic (exact) mass is 194 g/mol. The van der Waals surface area contributed by atoms with E-state index < -0.39 is 0 Å². The number of hydrogen-bond acceptors (Lipinski definition) is 3. The Bertz CT molecular complexity index is 266. The van der Waals surface area contributed by atoms with Gasteiger partial charge in [-0.25, -0.2) is 4.98 Å². The molecular weight excluding hydrogens is 176 g/mol. The maximum absolute atomic E-state index is 9.23. The number of nitrogens with one attached hydrogen (secondary N) is 1. The first-order valence-electron chi connectivity index (χ1n) is 4.82. The Morgan fingerprint density at radius 1 is 1.43 bits per heavy atom. The Balaban J connectivity index is 2.67. The van der Waals surface area contributed by atoms with Gasteiger partial charge < -0.3 is 10.4 Å². The van der Waals surface area contributed by atoms with Crippen LogP contribution in [0.15, 0.2) is 24.4 Å². The molecule has 78 valence electrons. The summed E-state index contributed by atoms with van der Waals surface area (Å²) in [6.45, 7) is 6.37. The highest BCUT2D eigenvalue weighted by Crippen LogP contribution is 2.21. The second-order valence-corrected chi connectivity index (χ2v) is 4.46. The van der Waals surface area contributed by atoms with E-state index in [0.717, 1.165) is 5.82 Å². The minimum atomic E-state index is 0.0201. The van der Waals surface area contributed by atoms with E-state index in [1.807, 2.05) is 18.2 Å². The van der Waals surface area contributed by atoms with Crippen molar-refractivity contribution >= 4 is 5.82 Å². The average Bonchev–Trinajstić information content (AvgIpc) is 2.14. The fourth-order valence-corrected chi connectivity index (χ4v) is 1.16. The lowest BCUT2D eigenvalue weighted by Gasteiger charge is -2.30. The Morgan fingerprint density at radius 2 is 2.14 bits per heavy atom. The molecule has 3 nitrogen and oxygen atoms in total. The van der Waals surface area contributed by atoms with Crippen molar-refractivity contribution in [3.8, 4) is 0 Å². The standard InChI is InChI=1S/C11H18N2O/c1-11(2,3)9(8-14)13-10-6-4-5-7-12-10/h4-7,9,14H,8H2,1-3H3,(H,12,13). The lowest BCUT2D eigenvalue weighted by Crippen LogP contribution is -2.37. The third kappa shape index (κ3) is 3.00. The molecule has 0 fully saturated rings. The summed E-state index contributed by atoms with van der Waals surface area (Å²) in [5, 5.41) is 12.4. The van der Waals surface area contributed by atoms with Gasteiger partial charge in [0.15, 0.2) is 0 Å². The smallest absolute Gasteiger partial charge is 0.126 e. The molecular formula is C11H18N2O. The van der Waals surface area contributed by atoms with Crippen LogP contribution in [0.4, 0.5) is 5.82 Å². The van der Waals surface area contributed by atoms with Crippen molar-refractivity contribution in [3.63, 3.8) is 0 Å². The number of hydrogen-bond donors (Lipinski definition) is 2. The molecule has 1 rings (SSSR count). The first-order valence-corrected chi connectivity index (χ1v) is 4.82. The van der Waals surface area contributed by atoms with E-state index in [1.54, 1.807) is 6.20 Å². The van der Waals surface area contributed by atoms with Crippen LogP contribution in [0.5, 0.6) is 0 Å². The molecule has 1 aromatic heterocycles. The van der Waals surface area contributed by atoms with E-state index in [4.69, 9.17) is 0 Å². The van der Waals surface area contributed by atoms with Gasteiger partial charge in [-0.15, -0.1) is 0 Å². The van der Waals surface area contributed by atoms with Crippen LogP contribution in [0, 0.1) is 5.41 Å². The number of nitrogens with zero attached hydrogens (tertiary/aromatic N) is 1. The minimum absolute atomic E-state index is 0.0201. The van der Waals surface area contributed by atoms with E-state index in [-0.39, 0.29) is 18.1 Å². The lowest BCUT2D eigenvalue weighted by atomic mass is 9.87. The zero-order chi connectivity index (χ0) is 10.6. The van der Waals surface area contributed by atoms with Crippen molar-refractivity contribution in [2.45, 2.75) is 26.8 Å². The van der Waals surface area contributed by atoms with Crippen molar-refractivity contribution in [3.05, 3.63) is 24.4 Å². The van der Waals surface area contributed by atoms with Gasteiger partial charge in [0.2, 0.25) is 0 Å². The number of pyridine rings is 1. The summed E-state index contributed by atoms with van der Waals surface area (Å²) in [7, 11) is 0. The Morgan fingerprint density at radius 3 is 2.57 bits per heavy atom. The predicted molar refractivity (Wildman–Crippen MR) is 58.2 cm³/mol. The molecule has 0 radical (unpaired) electrons. The molecule has 0 saturated heterocycles. The summed E-state index contributed by atoms with van der Waals surface area (Å²) >= 11 is 0. The number of rotatable bonds is 3. The SMILES string of the molecule is CC(C)(C)C(CO)Nc1ccccn1. The second kappa shape index (κ2) is 4.42. The van der Waals surface area contributed by atoms with Crippen molar-refractivity contribution in [2.75, 3.05) is 11.9 Å². The Labute approximate surface area is 85.2 Å². The van der Waals surface area contributed by atoms with E-state index in [9.17, 15) is 5.11 Å². The molecule has 0 saturated carbocycles. The van der Waals surface area contributed by atoms with Gasteiger partial charge in [-0.2, -0.15) is 0 Å². The molecule has 0 aliphatic carbocycles. The number of aliphatic hydroxyl groups excluding tert-OH is 1. The molecule has 1 atom stereocenters. The first-order chi connectivity index (χ1) is 6.54. The molecule has 0 aliphatic rings. The van der Waals surface area contributed by atoms with Gasteiger partial charge in [0.05, 0.1) is 12.6 Å². The van der Waals surface area contributed by atoms with Gasteiger partial charge in [-0.05, 0) is 17.5 Å². The third-order valence-corrected chi connectivity index (χ3v) is 2.21. The van der Waals surface area contributed by atoms with E-state index in [1.165, 1.54) is 0 Å².